The molecule has 0 aliphatic carbocycles. The van der Waals surface area contributed by atoms with E-state index in [2.05, 4.69) is 28.5 Å². The van der Waals surface area contributed by atoms with E-state index in [1.165, 1.54) is 10.8 Å². The van der Waals surface area contributed by atoms with Crippen molar-refractivity contribution < 1.29 is 9.53 Å². The van der Waals surface area contributed by atoms with Gasteiger partial charge in [0.05, 0.1) is 13.5 Å². The summed E-state index contributed by atoms with van der Waals surface area (Å²) in [5.41, 5.74) is 2.04. The van der Waals surface area contributed by atoms with Crippen molar-refractivity contribution in [2.24, 2.45) is 0 Å². The molecule has 4 heteroatoms. The number of hydrogen-bond acceptors (Lipinski definition) is 3. The molecule has 0 spiro atoms. The maximum Gasteiger partial charge on any atom is 0.224 e. The van der Waals surface area contributed by atoms with Gasteiger partial charge in [0, 0.05) is 24.5 Å². The van der Waals surface area contributed by atoms with Crippen LogP contribution in [0.4, 0.5) is 0 Å². The van der Waals surface area contributed by atoms with Crippen molar-refractivity contribution in [1.29, 1.82) is 0 Å². The molecule has 0 fully saturated rings. The van der Waals surface area contributed by atoms with Crippen LogP contribution in [0, 0.1) is 0 Å². The Morgan fingerprint density at radius 3 is 2.79 bits per heavy atom. The molecular formula is C20H20N2O2. The van der Waals surface area contributed by atoms with Crippen LogP contribution in [0.3, 0.4) is 0 Å². The first-order valence-electron chi connectivity index (χ1n) is 7.98. The third-order valence-electron chi connectivity index (χ3n) is 4.00. The molecule has 0 saturated heterocycles. The molecule has 0 aliphatic heterocycles. The summed E-state index contributed by atoms with van der Waals surface area (Å²) in [6.45, 7) is 0.573. The first-order valence-corrected chi connectivity index (χ1v) is 7.98. The van der Waals surface area contributed by atoms with Gasteiger partial charge in [0.15, 0.2) is 0 Å². The summed E-state index contributed by atoms with van der Waals surface area (Å²) in [6, 6.07) is 16.0. The number of rotatable bonds is 6. The molecule has 0 bridgehead atoms. The molecule has 1 heterocycles. The van der Waals surface area contributed by atoms with Crippen LogP contribution in [0.1, 0.15) is 11.1 Å². The average molecular weight is 320 g/mol. The van der Waals surface area contributed by atoms with Crippen LogP contribution in [0.2, 0.25) is 0 Å². The fourth-order valence-electron chi connectivity index (χ4n) is 2.84. The van der Waals surface area contributed by atoms with E-state index in [4.69, 9.17) is 4.74 Å². The number of nitrogens with zero attached hydrogens (tertiary/aromatic N) is 1. The SMILES string of the molecule is COc1ccc2ccccc2c1CCNC(=O)Cc1cccnc1. The molecule has 122 valence electrons. The summed E-state index contributed by atoms with van der Waals surface area (Å²) in [4.78, 5) is 16.1. The van der Waals surface area contributed by atoms with Crippen LogP contribution in [0.15, 0.2) is 60.9 Å². The second kappa shape index (κ2) is 7.59. The summed E-state index contributed by atoms with van der Waals surface area (Å²) >= 11 is 0. The third kappa shape index (κ3) is 3.71. The first-order chi connectivity index (χ1) is 11.8. The van der Waals surface area contributed by atoms with Crippen molar-refractivity contribution in [1.82, 2.24) is 10.3 Å². The van der Waals surface area contributed by atoms with E-state index in [9.17, 15) is 4.79 Å². The number of methoxy groups -OCH3 is 1. The van der Waals surface area contributed by atoms with Gasteiger partial charge in [-0.3, -0.25) is 9.78 Å². The van der Waals surface area contributed by atoms with Gasteiger partial charge in [-0.1, -0.05) is 36.4 Å². The lowest BCUT2D eigenvalue weighted by atomic mass is 10.0. The van der Waals surface area contributed by atoms with Crippen molar-refractivity contribution in [2.45, 2.75) is 12.8 Å². The van der Waals surface area contributed by atoms with E-state index in [1.807, 2.05) is 30.3 Å². The molecule has 2 aromatic carbocycles. The van der Waals surface area contributed by atoms with E-state index in [0.717, 1.165) is 23.3 Å². The predicted octanol–water partition coefficient (Wildman–Crippen LogP) is 3.14. The van der Waals surface area contributed by atoms with Crippen molar-refractivity contribution in [2.75, 3.05) is 13.7 Å². The van der Waals surface area contributed by atoms with E-state index < -0.39 is 0 Å². The number of pyridine rings is 1. The topological polar surface area (TPSA) is 51.2 Å². The van der Waals surface area contributed by atoms with Gasteiger partial charge in [-0.2, -0.15) is 0 Å². The van der Waals surface area contributed by atoms with Gasteiger partial charge >= 0.3 is 0 Å². The molecule has 0 radical (unpaired) electrons. The molecule has 4 nitrogen and oxygen atoms in total. The number of ether oxygens (including phenoxy) is 1. The standard InChI is InChI=1S/C20H20N2O2/c1-24-19-9-8-16-6-2-3-7-17(16)18(19)10-12-22-20(23)13-15-5-4-11-21-14-15/h2-9,11,14H,10,12-13H2,1H3,(H,22,23). The monoisotopic (exact) mass is 320 g/mol. The highest BCUT2D eigenvalue weighted by Crippen LogP contribution is 2.28. The molecule has 3 rings (SSSR count). The average Bonchev–Trinajstić information content (AvgIpc) is 2.62. The molecule has 0 saturated carbocycles. The number of nitrogens with one attached hydrogen (secondary N) is 1. The highest BCUT2D eigenvalue weighted by atomic mass is 16.5. The molecule has 1 amide bonds. The largest absolute Gasteiger partial charge is 0.496 e. The summed E-state index contributed by atoms with van der Waals surface area (Å²) in [5.74, 6) is 0.859. The molecule has 24 heavy (non-hydrogen) atoms. The van der Waals surface area contributed by atoms with Crippen LogP contribution in [-0.4, -0.2) is 24.5 Å². The van der Waals surface area contributed by atoms with Gasteiger partial charge in [-0.15, -0.1) is 0 Å². The van der Waals surface area contributed by atoms with Crippen molar-refractivity contribution in [3.63, 3.8) is 0 Å². The number of aromatic nitrogens is 1. The van der Waals surface area contributed by atoms with Gasteiger partial charge in [-0.05, 0) is 34.9 Å². The highest BCUT2D eigenvalue weighted by molar-refractivity contribution is 5.88. The fourth-order valence-corrected chi connectivity index (χ4v) is 2.84. The first kappa shape index (κ1) is 16.0. The quantitative estimate of drug-likeness (QED) is 0.759. The lowest BCUT2D eigenvalue weighted by Gasteiger charge is -2.12. The number of carbonyl (C=O) groups excluding carboxylic acids is 1. The normalized spacial score (nSPS) is 10.5. The zero-order valence-electron chi connectivity index (χ0n) is 13.7. The Kier molecular flexibility index (Phi) is 5.06. The van der Waals surface area contributed by atoms with Crippen LogP contribution in [0.25, 0.3) is 10.8 Å². The minimum Gasteiger partial charge on any atom is -0.496 e. The van der Waals surface area contributed by atoms with Crippen molar-refractivity contribution in [3.8, 4) is 5.75 Å². The zero-order valence-corrected chi connectivity index (χ0v) is 13.7. The Morgan fingerprint density at radius 1 is 1.12 bits per heavy atom. The van der Waals surface area contributed by atoms with Gasteiger partial charge in [0.25, 0.3) is 0 Å². The molecule has 0 atom stereocenters. The maximum atomic E-state index is 12.1. The summed E-state index contributed by atoms with van der Waals surface area (Å²) < 4.78 is 5.49. The fraction of sp³-hybridized carbons (Fsp3) is 0.200. The van der Waals surface area contributed by atoms with Gasteiger partial charge in [0.2, 0.25) is 5.91 Å². The van der Waals surface area contributed by atoms with Gasteiger partial charge < -0.3 is 10.1 Å². The Hall–Kier alpha value is -2.88. The Balaban J connectivity index is 1.66. The van der Waals surface area contributed by atoms with Crippen molar-refractivity contribution in [3.05, 3.63) is 72.1 Å². The summed E-state index contributed by atoms with van der Waals surface area (Å²) in [5, 5.41) is 5.31. The van der Waals surface area contributed by atoms with Gasteiger partial charge in [-0.25, -0.2) is 0 Å². The summed E-state index contributed by atoms with van der Waals surface area (Å²) in [7, 11) is 1.68. The molecular weight excluding hydrogens is 300 g/mol. The second-order valence-corrected chi connectivity index (χ2v) is 5.61. The minimum absolute atomic E-state index is 0.00204. The smallest absolute Gasteiger partial charge is 0.224 e. The number of amides is 1. The molecule has 0 aliphatic rings. The Morgan fingerprint density at radius 2 is 2.00 bits per heavy atom. The molecule has 0 unspecified atom stereocenters. The van der Waals surface area contributed by atoms with E-state index >= 15 is 0 Å². The lowest BCUT2D eigenvalue weighted by molar-refractivity contribution is -0.120. The summed E-state index contributed by atoms with van der Waals surface area (Å²) in [6.07, 6.45) is 4.49. The molecule has 1 aromatic heterocycles. The van der Waals surface area contributed by atoms with Crippen LogP contribution >= 0.6 is 0 Å². The maximum absolute atomic E-state index is 12.1. The van der Waals surface area contributed by atoms with Crippen LogP contribution in [-0.2, 0) is 17.6 Å². The zero-order chi connectivity index (χ0) is 16.8. The number of benzene rings is 2. The Bertz CT molecular complexity index is 831. The second-order valence-electron chi connectivity index (χ2n) is 5.61. The lowest BCUT2D eigenvalue weighted by Crippen LogP contribution is -2.27. The van der Waals surface area contributed by atoms with Crippen molar-refractivity contribution >= 4 is 16.7 Å². The van der Waals surface area contributed by atoms with E-state index in [-0.39, 0.29) is 5.91 Å². The van der Waals surface area contributed by atoms with E-state index in [1.54, 1.807) is 19.5 Å². The highest BCUT2D eigenvalue weighted by Gasteiger charge is 2.09. The van der Waals surface area contributed by atoms with Gasteiger partial charge in [0.1, 0.15) is 5.75 Å². The third-order valence-corrected chi connectivity index (χ3v) is 4.00. The predicted molar refractivity (Wildman–Crippen MR) is 95.2 cm³/mol. The number of hydrogen-bond donors (Lipinski definition) is 1. The molecule has 3 aromatic rings. The Labute approximate surface area is 141 Å². The number of fused-ring (bicyclic) bond motifs is 1. The number of carbonyl (C=O) groups is 1. The van der Waals surface area contributed by atoms with Crippen LogP contribution in [0.5, 0.6) is 5.75 Å². The molecule has 1 N–H and O–H groups in total. The van der Waals surface area contributed by atoms with E-state index in [0.29, 0.717) is 13.0 Å². The van der Waals surface area contributed by atoms with Crippen LogP contribution < -0.4 is 10.1 Å². The minimum atomic E-state index is 0.00204.